The summed E-state index contributed by atoms with van der Waals surface area (Å²) in [6.45, 7) is 2.48. The van der Waals surface area contributed by atoms with E-state index in [1.54, 1.807) is 0 Å². The zero-order valence-electron chi connectivity index (χ0n) is 5.86. The van der Waals surface area contributed by atoms with E-state index in [9.17, 15) is 4.91 Å². The van der Waals surface area contributed by atoms with Crippen LogP contribution in [0.5, 0.6) is 0 Å². The third-order valence-corrected chi connectivity index (χ3v) is 1.66. The number of ether oxygens (including phenoxy) is 1. The van der Waals surface area contributed by atoms with Gasteiger partial charge in [-0.3, -0.25) is 0 Å². The highest BCUT2D eigenvalue weighted by atomic mass is 16.6. The molecule has 10 heavy (non-hydrogen) atoms. The fourth-order valence-electron chi connectivity index (χ4n) is 1.07. The number of rotatable bonds is 1. The lowest BCUT2D eigenvalue weighted by molar-refractivity contribution is -0.148. The molecular formula is C6H11NO3. The molecule has 1 saturated heterocycles. The second-order valence-electron chi connectivity index (χ2n) is 2.74. The first-order valence-corrected chi connectivity index (χ1v) is 3.36. The molecule has 0 spiro atoms. The molecule has 1 rings (SSSR count). The smallest absolute Gasteiger partial charge is 0.180 e. The summed E-state index contributed by atoms with van der Waals surface area (Å²) in [5.74, 6) is 0.325. The first-order valence-electron chi connectivity index (χ1n) is 3.36. The SMILES string of the molecule is CC1COC(O)C(N=O)C1. The second-order valence-corrected chi connectivity index (χ2v) is 2.74. The first kappa shape index (κ1) is 7.63. The molecule has 0 aromatic heterocycles. The third kappa shape index (κ3) is 1.52. The molecule has 4 nitrogen and oxygen atoms in total. The molecule has 0 amide bonds. The van der Waals surface area contributed by atoms with Crippen LogP contribution < -0.4 is 0 Å². The molecule has 0 aliphatic carbocycles. The molecule has 1 aliphatic rings. The van der Waals surface area contributed by atoms with Crippen LogP contribution in [0.15, 0.2) is 5.18 Å². The molecule has 3 atom stereocenters. The van der Waals surface area contributed by atoms with E-state index in [4.69, 9.17) is 9.84 Å². The van der Waals surface area contributed by atoms with Crippen LogP contribution in [-0.4, -0.2) is 24.0 Å². The minimum Gasteiger partial charge on any atom is -0.366 e. The average Bonchev–Trinajstić information content (AvgIpc) is 1.94. The van der Waals surface area contributed by atoms with Crippen molar-refractivity contribution in [2.45, 2.75) is 25.7 Å². The lowest BCUT2D eigenvalue weighted by Gasteiger charge is -2.26. The number of aliphatic hydroxyl groups excluding tert-OH is 1. The van der Waals surface area contributed by atoms with Crippen molar-refractivity contribution in [1.29, 1.82) is 0 Å². The Morgan fingerprint density at radius 2 is 2.40 bits per heavy atom. The minimum absolute atomic E-state index is 0.325. The van der Waals surface area contributed by atoms with Crippen molar-refractivity contribution in [1.82, 2.24) is 0 Å². The fourth-order valence-corrected chi connectivity index (χ4v) is 1.07. The van der Waals surface area contributed by atoms with E-state index in [0.29, 0.717) is 18.9 Å². The Hall–Kier alpha value is -0.480. The van der Waals surface area contributed by atoms with Gasteiger partial charge in [0.1, 0.15) is 6.04 Å². The topological polar surface area (TPSA) is 58.9 Å². The maximum Gasteiger partial charge on any atom is 0.180 e. The van der Waals surface area contributed by atoms with Gasteiger partial charge < -0.3 is 9.84 Å². The molecule has 0 radical (unpaired) electrons. The van der Waals surface area contributed by atoms with Crippen molar-refractivity contribution in [3.05, 3.63) is 4.91 Å². The summed E-state index contributed by atoms with van der Waals surface area (Å²) in [7, 11) is 0. The fraction of sp³-hybridized carbons (Fsp3) is 1.00. The molecule has 0 aromatic rings. The molecular weight excluding hydrogens is 134 g/mol. The molecule has 0 aromatic carbocycles. The van der Waals surface area contributed by atoms with Gasteiger partial charge in [0.05, 0.1) is 6.61 Å². The van der Waals surface area contributed by atoms with E-state index < -0.39 is 12.3 Å². The first-order chi connectivity index (χ1) is 4.74. The van der Waals surface area contributed by atoms with Crippen LogP contribution >= 0.6 is 0 Å². The number of nitrogens with zero attached hydrogens (tertiary/aromatic N) is 1. The molecule has 58 valence electrons. The molecule has 0 saturated carbocycles. The Bertz CT molecular complexity index is 128. The van der Waals surface area contributed by atoms with Crippen LogP contribution in [0.4, 0.5) is 0 Å². The normalized spacial score (nSPS) is 41.2. The van der Waals surface area contributed by atoms with E-state index in [2.05, 4.69) is 5.18 Å². The molecule has 0 bridgehead atoms. The van der Waals surface area contributed by atoms with Gasteiger partial charge in [-0.05, 0) is 12.3 Å². The minimum atomic E-state index is -0.978. The zero-order chi connectivity index (χ0) is 7.56. The Labute approximate surface area is 59.2 Å². The summed E-state index contributed by atoms with van der Waals surface area (Å²) in [4.78, 5) is 10.0. The molecule has 1 heterocycles. The van der Waals surface area contributed by atoms with Gasteiger partial charge in [0, 0.05) is 0 Å². The molecule has 1 aliphatic heterocycles. The highest BCUT2D eigenvalue weighted by Crippen LogP contribution is 2.19. The highest BCUT2D eigenvalue weighted by Gasteiger charge is 2.28. The van der Waals surface area contributed by atoms with Gasteiger partial charge in [0.2, 0.25) is 0 Å². The Morgan fingerprint density at radius 1 is 1.70 bits per heavy atom. The second kappa shape index (κ2) is 3.07. The maximum atomic E-state index is 10.0. The summed E-state index contributed by atoms with van der Waals surface area (Å²) in [5.41, 5.74) is 0. The van der Waals surface area contributed by atoms with Gasteiger partial charge >= 0.3 is 0 Å². The Morgan fingerprint density at radius 3 is 2.90 bits per heavy atom. The molecule has 1 fully saturated rings. The van der Waals surface area contributed by atoms with E-state index >= 15 is 0 Å². The van der Waals surface area contributed by atoms with E-state index in [0.717, 1.165) is 0 Å². The van der Waals surface area contributed by atoms with Crippen molar-refractivity contribution in [2.24, 2.45) is 11.1 Å². The predicted octanol–water partition coefficient (Wildman–Crippen LogP) is 0.496. The molecule has 3 unspecified atom stereocenters. The molecule has 1 N–H and O–H groups in total. The van der Waals surface area contributed by atoms with Gasteiger partial charge in [0.25, 0.3) is 0 Å². The van der Waals surface area contributed by atoms with Crippen molar-refractivity contribution < 1.29 is 9.84 Å². The average molecular weight is 145 g/mol. The quantitative estimate of drug-likeness (QED) is 0.546. The van der Waals surface area contributed by atoms with Crippen molar-refractivity contribution in [3.63, 3.8) is 0 Å². The van der Waals surface area contributed by atoms with Crippen LogP contribution in [0.3, 0.4) is 0 Å². The summed E-state index contributed by atoms with van der Waals surface area (Å²) in [5, 5.41) is 11.7. The largest absolute Gasteiger partial charge is 0.366 e. The third-order valence-electron chi connectivity index (χ3n) is 1.66. The van der Waals surface area contributed by atoms with Gasteiger partial charge in [-0.2, -0.15) is 4.91 Å². The number of aliphatic hydroxyl groups is 1. The summed E-state index contributed by atoms with van der Waals surface area (Å²) < 4.78 is 4.86. The van der Waals surface area contributed by atoms with Crippen LogP contribution in [-0.2, 0) is 4.74 Å². The number of hydrogen-bond acceptors (Lipinski definition) is 4. The van der Waals surface area contributed by atoms with Gasteiger partial charge in [0.15, 0.2) is 6.29 Å². The predicted molar refractivity (Wildman–Crippen MR) is 35.3 cm³/mol. The van der Waals surface area contributed by atoms with Crippen LogP contribution in [0.25, 0.3) is 0 Å². The number of hydrogen-bond donors (Lipinski definition) is 1. The maximum absolute atomic E-state index is 10.0. The Balaban J connectivity index is 2.45. The van der Waals surface area contributed by atoms with Crippen LogP contribution in [0, 0.1) is 10.8 Å². The van der Waals surface area contributed by atoms with Gasteiger partial charge in [-0.15, -0.1) is 0 Å². The summed E-state index contributed by atoms with van der Waals surface area (Å²) in [6, 6.07) is -0.566. The Kier molecular flexibility index (Phi) is 2.34. The molecule has 4 heteroatoms. The standard InChI is InChI=1S/C6H11NO3/c1-4-2-5(7-9)6(8)10-3-4/h4-6,8H,2-3H2,1H3. The zero-order valence-corrected chi connectivity index (χ0v) is 5.86. The van der Waals surface area contributed by atoms with E-state index in [1.807, 2.05) is 6.92 Å². The van der Waals surface area contributed by atoms with Crippen molar-refractivity contribution >= 4 is 0 Å². The van der Waals surface area contributed by atoms with Crippen LogP contribution in [0.1, 0.15) is 13.3 Å². The van der Waals surface area contributed by atoms with Gasteiger partial charge in [-0.25, -0.2) is 0 Å². The van der Waals surface area contributed by atoms with Gasteiger partial charge in [-0.1, -0.05) is 12.1 Å². The monoisotopic (exact) mass is 145 g/mol. The number of nitroso groups, excluding NO2 is 1. The van der Waals surface area contributed by atoms with Crippen molar-refractivity contribution in [3.8, 4) is 0 Å². The van der Waals surface area contributed by atoms with Crippen LogP contribution in [0.2, 0.25) is 0 Å². The summed E-state index contributed by atoms with van der Waals surface area (Å²) >= 11 is 0. The van der Waals surface area contributed by atoms with E-state index in [-0.39, 0.29) is 0 Å². The van der Waals surface area contributed by atoms with Crippen molar-refractivity contribution in [2.75, 3.05) is 6.61 Å². The lowest BCUT2D eigenvalue weighted by atomic mass is 10.0. The summed E-state index contributed by atoms with van der Waals surface area (Å²) in [6.07, 6.45) is -0.348. The lowest BCUT2D eigenvalue weighted by Crippen LogP contribution is -2.36. The van der Waals surface area contributed by atoms with E-state index in [1.165, 1.54) is 0 Å². The highest BCUT2D eigenvalue weighted by molar-refractivity contribution is 4.75.